The Morgan fingerprint density at radius 2 is 2.00 bits per heavy atom. The van der Waals surface area contributed by atoms with Gasteiger partial charge in [0.2, 0.25) is 11.5 Å². The van der Waals surface area contributed by atoms with Gasteiger partial charge in [-0.3, -0.25) is 9.69 Å². The molecule has 1 aromatic carbocycles. The number of carbonyl (C=O) groups excluding carboxylic acids is 1. The van der Waals surface area contributed by atoms with Crippen molar-refractivity contribution in [2.45, 2.75) is 12.2 Å². The predicted octanol–water partition coefficient (Wildman–Crippen LogP) is 0.430. The number of rotatable bonds is 5. The summed E-state index contributed by atoms with van der Waals surface area (Å²) in [4.78, 5) is 19.0. The second-order valence-electron chi connectivity index (χ2n) is 6.17. The van der Waals surface area contributed by atoms with Crippen LogP contribution in [0.15, 0.2) is 40.9 Å². The minimum Gasteiger partial charge on any atom is -0.502 e. The van der Waals surface area contributed by atoms with Crippen LogP contribution in [0.4, 0.5) is 4.39 Å². The first-order valence-electron chi connectivity index (χ1n) is 8.27. The number of hydrogen-bond donors (Lipinski definition) is 4. The van der Waals surface area contributed by atoms with Gasteiger partial charge in [-0.1, -0.05) is 12.1 Å². The van der Waals surface area contributed by atoms with Crippen LogP contribution in [0.1, 0.15) is 5.56 Å². The zero-order chi connectivity index (χ0) is 18.6. The topological polar surface area (TPSA) is 106 Å². The molecule has 2 aliphatic rings. The van der Waals surface area contributed by atoms with Gasteiger partial charge in [0.05, 0.1) is 26.0 Å². The summed E-state index contributed by atoms with van der Waals surface area (Å²) < 4.78 is 18.3. The van der Waals surface area contributed by atoms with Gasteiger partial charge in [0, 0.05) is 19.6 Å². The Hall–Kier alpha value is -2.65. The van der Waals surface area contributed by atoms with Crippen LogP contribution in [-0.2, 0) is 16.1 Å². The molecule has 1 atom stereocenters. The van der Waals surface area contributed by atoms with Crippen LogP contribution in [-0.4, -0.2) is 65.7 Å². The highest BCUT2D eigenvalue weighted by atomic mass is 19.1. The van der Waals surface area contributed by atoms with E-state index in [4.69, 9.17) is 4.74 Å². The number of hydrogen-bond acceptors (Lipinski definition) is 7. The molecule has 0 bridgehead atoms. The number of benzene rings is 1. The average molecular weight is 364 g/mol. The zero-order valence-electron chi connectivity index (χ0n) is 14.1. The molecule has 8 nitrogen and oxygen atoms in total. The third-order valence-electron chi connectivity index (χ3n) is 4.27. The average Bonchev–Trinajstić information content (AvgIpc) is 2.65. The molecular formula is C17H21FN4O4. The lowest BCUT2D eigenvalue weighted by atomic mass is 10.1. The van der Waals surface area contributed by atoms with Crippen molar-refractivity contribution >= 4 is 12.1 Å². The largest absolute Gasteiger partial charge is 0.502 e. The summed E-state index contributed by atoms with van der Waals surface area (Å²) in [6.07, 6.45) is 1.06. The Kier molecular flexibility index (Phi) is 5.38. The Morgan fingerprint density at radius 1 is 1.31 bits per heavy atom. The number of nitrogens with zero attached hydrogens (tertiary/aromatic N) is 2. The van der Waals surface area contributed by atoms with Crippen LogP contribution >= 0.6 is 0 Å². The van der Waals surface area contributed by atoms with E-state index < -0.39 is 23.2 Å². The maximum absolute atomic E-state index is 13.0. The molecule has 2 aliphatic heterocycles. The second-order valence-corrected chi connectivity index (χ2v) is 6.17. The summed E-state index contributed by atoms with van der Waals surface area (Å²) in [6, 6.07) is 5.78. The van der Waals surface area contributed by atoms with Crippen molar-refractivity contribution in [1.82, 2.24) is 15.5 Å². The monoisotopic (exact) mass is 364 g/mol. The number of morpholine rings is 1. The van der Waals surface area contributed by atoms with E-state index in [0.717, 1.165) is 11.8 Å². The van der Waals surface area contributed by atoms with Gasteiger partial charge in [0.15, 0.2) is 5.76 Å². The molecule has 2 heterocycles. The first-order valence-corrected chi connectivity index (χ1v) is 8.27. The number of amides is 1. The van der Waals surface area contributed by atoms with Crippen LogP contribution < -0.4 is 10.6 Å². The number of ether oxygens (including phenoxy) is 1. The van der Waals surface area contributed by atoms with Crippen LogP contribution in [0.2, 0.25) is 0 Å². The Labute approximate surface area is 150 Å². The first-order chi connectivity index (χ1) is 12.5. The van der Waals surface area contributed by atoms with Crippen molar-refractivity contribution in [2.24, 2.45) is 4.99 Å². The smallest absolute Gasteiger partial charge is 0.270 e. The molecule has 1 saturated heterocycles. The van der Waals surface area contributed by atoms with E-state index in [9.17, 15) is 19.4 Å². The molecule has 1 amide bonds. The maximum atomic E-state index is 13.0. The van der Waals surface area contributed by atoms with Gasteiger partial charge in [-0.15, -0.1) is 0 Å². The number of aliphatic imine (C=N–C) groups is 1. The Bertz CT molecular complexity index is 716. The van der Waals surface area contributed by atoms with Gasteiger partial charge in [0.25, 0.3) is 5.91 Å². The lowest BCUT2D eigenvalue weighted by molar-refractivity contribution is -0.129. The van der Waals surface area contributed by atoms with Crippen LogP contribution in [0.25, 0.3) is 0 Å². The van der Waals surface area contributed by atoms with Gasteiger partial charge in [-0.25, -0.2) is 9.38 Å². The summed E-state index contributed by atoms with van der Waals surface area (Å²) >= 11 is 0. The fourth-order valence-corrected chi connectivity index (χ4v) is 2.81. The minimum atomic E-state index is -1.48. The van der Waals surface area contributed by atoms with E-state index in [1.165, 1.54) is 12.1 Å². The second kappa shape index (κ2) is 7.71. The molecule has 0 radical (unpaired) electrons. The normalized spacial score (nSPS) is 23.6. The Morgan fingerprint density at radius 3 is 2.65 bits per heavy atom. The third kappa shape index (κ3) is 4.12. The van der Waals surface area contributed by atoms with Crippen molar-refractivity contribution < 1.29 is 24.1 Å². The molecule has 9 heteroatoms. The molecule has 3 rings (SSSR count). The molecule has 0 aromatic heterocycles. The summed E-state index contributed by atoms with van der Waals surface area (Å²) in [6.45, 7) is 2.71. The van der Waals surface area contributed by atoms with Gasteiger partial charge < -0.3 is 25.6 Å². The Balaban J connectivity index is 1.73. The van der Waals surface area contributed by atoms with Crippen molar-refractivity contribution in [2.75, 3.05) is 32.8 Å². The maximum Gasteiger partial charge on any atom is 0.270 e. The van der Waals surface area contributed by atoms with Gasteiger partial charge in [-0.2, -0.15) is 0 Å². The van der Waals surface area contributed by atoms with Crippen molar-refractivity contribution in [3.05, 3.63) is 47.3 Å². The molecule has 1 fully saturated rings. The molecular weight excluding hydrogens is 343 g/mol. The summed E-state index contributed by atoms with van der Waals surface area (Å²) in [5.41, 5.74) is -0.753. The molecule has 1 aromatic rings. The number of carbonyl (C=O) groups is 1. The van der Waals surface area contributed by atoms with E-state index in [2.05, 4.69) is 15.6 Å². The highest BCUT2D eigenvalue weighted by molar-refractivity contribution is 5.91. The van der Waals surface area contributed by atoms with E-state index in [1.807, 2.05) is 4.90 Å². The highest BCUT2D eigenvalue weighted by Crippen LogP contribution is 2.18. The van der Waals surface area contributed by atoms with Crippen LogP contribution in [0.5, 0.6) is 0 Å². The lowest BCUT2D eigenvalue weighted by Gasteiger charge is -2.37. The molecule has 26 heavy (non-hydrogen) atoms. The molecule has 1 unspecified atom stereocenters. The molecule has 0 aliphatic carbocycles. The first kappa shape index (κ1) is 18.2. The highest BCUT2D eigenvalue weighted by Gasteiger charge is 2.42. The van der Waals surface area contributed by atoms with Crippen molar-refractivity contribution in [1.29, 1.82) is 0 Å². The minimum absolute atomic E-state index is 0.178. The van der Waals surface area contributed by atoms with E-state index in [0.29, 0.717) is 26.3 Å². The van der Waals surface area contributed by atoms with E-state index in [-0.39, 0.29) is 18.9 Å². The predicted molar refractivity (Wildman–Crippen MR) is 92.1 cm³/mol. The summed E-state index contributed by atoms with van der Waals surface area (Å²) in [5.74, 6) is -1.77. The summed E-state index contributed by atoms with van der Waals surface area (Å²) in [5, 5.41) is 24.8. The van der Waals surface area contributed by atoms with Crippen LogP contribution in [0, 0.1) is 5.82 Å². The standard InChI is InChI=1S/C17H21FN4O4/c18-13-3-1-12(2-4-13)9-19-16(25)17(11-22-5-7-26-8-6-22)20-10-14(23)15(24)21-17/h1-4,10,21,23-24H,5-9,11H2,(H,19,25). The van der Waals surface area contributed by atoms with Gasteiger partial charge in [-0.05, 0) is 17.7 Å². The number of nitrogens with one attached hydrogen (secondary N) is 2. The van der Waals surface area contributed by atoms with Crippen molar-refractivity contribution in [3.8, 4) is 0 Å². The summed E-state index contributed by atoms with van der Waals surface area (Å²) in [7, 11) is 0. The van der Waals surface area contributed by atoms with E-state index >= 15 is 0 Å². The molecule has 0 saturated carbocycles. The van der Waals surface area contributed by atoms with Crippen LogP contribution in [0.3, 0.4) is 0 Å². The third-order valence-corrected chi connectivity index (χ3v) is 4.27. The lowest BCUT2D eigenvalue weighted by Crippen LogP contribution is -2.63. The SMILES string of the molecule is O=C(NCc1ccc(F)cc1)C1(CN2CCOCC2)N=CC(O)=C(O)N1. The molecule has 140 valence electrons. The van der Waals surface area contributed by atoms with Crippen molar-refractivity contribution in [3.63, 3.8) is 0 Å². The zero-order valence-corrected chi connectivity index (χ0v) is 14.1. The number of aliphatic hydroxyl groups is 2. The van der Waals surface area contributed by atoms with Gasteiger partial charge >= 0.3 is 0 Å². The van der Waals surface area contributed by atoms with E-state index in [1.54, 1.807) is 12.1 Å². The quantitative estimate of drug-likeness (QED) is 0.604. The molecule has 0 spiro atoms. The molecule has 4 N–H and O–H groups in total. The number of allylic oxidation sites excluding steroid dienone is 1. The number of halogens is 1. The fourth-order valence-electron chi connectivity index (χ4n) is 2.81. The number of aliphatic hydroxyl groups excluding tert-OH is 2. The fraction of sp³-hybridized carbons (Fsp3) is 0.412. The van der Waals surface area contributed by atoms with Gasteiger partial charge in [0.1, 0.15) is 5.82 Å².